The van der Waals surface area contributed by atoms with Crippen LogP contribution in [-0.4, -0.2) is 16.6 Å². The monoisotopic (exact) mass is 334 g/mol. The molecule has 2 N–H and O–H groups in total. The molecule has 0 amide bonds. The first-order valence-corrected chi connectivity index (χ1v) is 6.55. The first kappa shape index (κ1) is 16.5. The van der Waals surface area contributed by atoms with E-state index in [1.54, 1.807) is 0 Å². The molecule has 1 aromatic heterocycles. The lowest BCUT2D eigenvalue weighted by atomic mass is 10.1. The minimum absolute atomic E-state index is 0.0386. The number of aliphatic hydroxyl groups is 1. The van der Waals surface area contributed by atoms with Gasteiger partial charge in [-0.25, -0.2) is 9.37 Å². The molecule has 1 aromatic carbocycles. The SMILES string of the molecule is OC(CNc1cc(C(F)(F)F)ccn1)c1ccc(Cl)c(F)c1. The Labute approximate surface area is 128 Å². The molecule has 2 aromatic rings. The zero-order chi connectivity index (χ0) is 16.3. The van der Waals surface area contributed by atoms with Crippen molar-refractivity contribution in [2.75, 3.05) is 11.9 Å². The van der Waals surface area contributed by atoms with E-state index in [1.807, 2.05) is 0 Å². The number of alkyl halides is 3. The predicted octanol–water partition coefficient (Wildman–Crippen LogP) is 4.04. The molecule has 0 fully saturated rings. The molecule has 8 heteroatoms. The second-order valence-electron chi connectivity index (χ2n) is 4.50. The third kappa shape index (κ3) is 4.08. The van der Waals surface area contributed by atoms with Gasteiger partial charge in [0.05, 0.1) is 16.7 Å². The minimum atomic E-state index is -4.47. The number of aromatic nitrogens is 1. The summed E-state index contributed by atoms with van der Waals surface area (Å²) >= 11 is 5.53. The average molecular weight is 335 g/mol. The van der Waals surface area contributed by atoms with Crippen LogP contribution in [0.3, 0.4) is 0 Å². The van der Waals surface area contributed by atoms with Crippen molar-refractivity contribution in [3.8, 4) is 0 Å². The molecule has 118 valence electrons. The summed E-state index contributed by atoms with van der Waals surface area (Å²) in [5.41, 5.74) is -0.599. The molecule has 0 spiro atoms. The largest absolute Gasteiger partial charge is 0.416 e. The number of anilines is 1. The standard InChI is InChI=1S/C14H11ClF4N2O/c15-10-2-1-8(5-11(10)16)12(22)7-21-13-6-9(3-4-20-13)14(17,18)19/h1-6,12,22H,7H2,(H,20,21). The normalized spacial score (nSPS) is 13.0. The molecule has 3 nitrogen and oxygen atoms in total. The average Bonchev–Trinajstić information content (AvgIpc) is 2.47. The third-order valence-electron chi connectivity index (χ3n) is 2.89. The molecule has 0 radical (unpaired) electrons. The van der Waals surface area contributed by atoms with Gasteiger partial charge in [-0.2, -0.15) is 13.2 Å². The molecule has 0 saturated heterocycles. The van der Waals surface area contributed by atoms with Crippen LogP contribution in [0.15, 0.2) is 36.5 Å². The highest BCUT2D eigenvalue weighted by Gasteiger charge is 2.30. The quantitative estimate of drug-likeness (QED) is 0.830. The van der Waals surface area contributed by atoms with Gasteiger partial charge in [-0.3, -0.25) is 0 Å². The van der Waals surface area contributed by atoms with Gasteiger partial charge in [-0.15, -0.1) is 0 Å². The van der Waals surface area contributed by atoms with E-state index in [0.717, 1.165) is 24.4 Å². The van der Waals surface area contributed by atoms with E-state index in [0.29, 0.717) is 0 Å². The molecule has 1 atom stereocenters. The van der Waals surface area contributed by atoms with E-state index in [4.69, 9.17) is 11.6 Å². The Morgan fingerprint density at radius 1 is 1.23 bits per heavy atom. The smallest absolute Gasteiger partial charge is 0.387 e. The van der Waals surface area contributed by atoms with Crippen LogP contribution in [0.4, 0.5) is 23.4 Å². The van der Waals surface area contributed by atoms with Crippen LogP contribution in [0.25, 0.3) is 0 Å². The van der Waals surface area contributed by atoms with Crippen LogP contribution in [0.2, 0.25) is 5.02 Å². The van der Waals surface area contributed by atoms with Crippen LogP contribution >= 0.6 is 11.6 Å². The van der Waals surface area contributed by atoms with Crippen molar-refractivity contribution in [1.82, 2.24) is 4.98 Å². The topological polar surface area (TPSA) is 45.1 Å². The molecule has 1 heterocycles. The molecule has 0 aliphatic carbocycles. The van der Waals surface area contributed by atoms with Crippen LogP contribution in [0, 0.1) is 5.82 Å². The highest BCUT2D eigenvalue weighted by atomic mass is 35.5. The fraction of sp³-hybridized carbons (Fsp3) is 0.214. The number of hydrogen-bond donors (Lipinski definition) is 2. The van der Waals surface area contributed by atoms with Crippen molar-refractivity contribution >= 4 is 17.4 Å². The maximum atomic E-state index is 13.3. The number of nitrogens with one attached hydrogen (secondary N) is 1. The Balaban J connectivity index is 2.04. The minimum Gasteiger partial charge on any atom is -0.387 e. The van der Waals surface area contributed by atoms with E-state index < -0.39 is 23.7 Å². The number of aliphatic hydroxyl groups excluding tert-OH is 1. The predicted molar refractivity (Wildman–Crippen MR) is 74.1 cm³/mol. The molecule has 0 aliphatic heterocycles. The fourth-order valence-electron chi connectivity index (χ4n) is 1.74. The fourth-order valence-corrected chi connectivity index (χ4v) is 1.86. The number of rotatable bonds is 4. The number of halogens is 5. The summed E-state index contributed by atoms with van der Waals surface area (Å²) in [5.74, 6) is -0.723. The highest BCUT2D eigenvalue weighted by molar-refractivity contribution is 6.30. The Bertz CT molecular complexity index is 664. The summed E-state index contributed by atoms with van der Waals surface area (Å²) in [6.07, 6.45) is -4.58. The van der Waals surface area contributed by atoms with Gasteiger partial charge in [0.1, 0.15) is 11.6 Å². The summed E-state index contributed by atoms with van der Waals surface area (Å²) in [5, 5.41) is 12.4. The van der Waals surface area contributed by atoms with Gasteiger partial charge in [0, 0.05) is 12.7 Å². The maximum absolute atomic E-state index is 13.3. The summed E-state index contributed by atoms with van der Waals surface area (Å²) in [4.78, 5) is 3.73. The van der Waals surface area contributed by atoms with Crippen molar-refractivity contribution < 1.29 is 22.7 Å². The van der Waals surface area contributed by atoms with Crippen molar-refractivity contribution in [3.05, 3.63) is 58.5 Å². The first-order valence-electron chi connectivity index (χ1n) is 6.17. The number of benzene rings is 1. The molecule has 1 unspecified atom stereocenters. The Morgan fingerprint density at radius 2 is 1.95 bits per heavy atom. The summed E-state index contributed by atoms with van der Waals surface area (Å²) in [7, 11) is 0. The van der Waals surface area contributed by atoms with Crippen molar-refractivity contribution in [1.29, 1.82) is 0 Å². The summed E-state index contributed by atoms with van der Waals surface area (Å²) in [6, 6.07) is 5.45. The lowest BCUT2D eigenvalue weighted by Crippen LogP contribution is -2.14. The molecular weight excluding hydrogens is 324 g/mol. The van der Waals surface area contributed by atoms with Crippen LogP contribution in [-0.2, 0) is 6.18 Å². The molecule has 2 rings (SSSR count). The lowest BCUT2D eigenvalue weighted by Gasteiger charge is -2.14. The van der Waals surface area contributed by atoms with E-state index in [9.17, 15) is 22.7 Å². The van der Waals surface area contributed by atoms with Crippen molar-refractivity contribution in [3.63, 3.8) is 0 Å². The molecule has 22 heavy (non-hydrogen) atoms. The van der Waals surface area contributed by atoms with Gasteiger partial charge < -0.3 is 10.4 Å². The molecule has 0 aliphatic rings. The number of hydrogen-bond acceptors (Lipinski definition) is 3. The number of pyridine rings is 1. The van der Waals surface area contributed by atoms with E-state index in [1.165, 1.54) is 12.1 Å². The molecule has 0 saturated carbocycles. The Hall–Kier alpha value is -1.86. The van der Waals surface area contributed by atoms with Gasteiger partial charge in [0.2, 0.25) is 0 Å². The lowest BCUT2D eigenvalue weighted by molar-refractivity contribution is -0.137. The second kappa shape index (κ2) is 6.50. The van der Waals surface area contributed by atoms with E-state index in [-0.39, 0.29) is 22.9 Å². The molecular formula is C14H11ClF4N2O. The van der Waals surface area contributed by atoms with Gasteiger partial charge in [0.25, 0.3) is 0 Å². The summed E-state index contributed by atoms with van der Waals surface area (Å²) < 4.78 is 51.0. The Kier molecular flexibility index (Phi) is 4.87. The summed E-state index contributed by atoms with van der Waals surface area (Å²) in [6.45, 7) is -0.130. The zero-order valence-corrected chi connectivity index (χ0v) is 11.8. The Morgan fingerprint density at radius 3 is 2.59 bits per heavy atom. The van der Waals surface area contributed by atoms with Gasteiger partial charge in [0.15, 0.2) is 0 Å². The van der Waals surface area contributed by atoms with Crippen LogP contribution < -0.4 is 5.32 Å². The van der Waals surface area contributed by atoms with E-state index >= 15 is 0 Å². The number of nitrogens with zero attached hydrogens (tertiary/aromatic N) is 1. The first-order chi connectivity index (χ1) is 10.3. The van der Waals surface area contributed by atoms with Crippen molar-refractivity contribution in [2.24, 2.45) is 0 Å². The van der Waals surface area contributed by atoms with Crippen LogP contribution in [0.5, 0.6) is 0 Å². The highest BCUT2D eigenvalue weighted by Crippen LogP contribution is 2.30. The van der Waals surface area contributed by atoms with Crippen LogP contribution in [0.1, 0.15) is 17.2 Å². The van der Waals surface area contributed by atoms with Gasteiger partial charge >= 0.3 is 6.18 Å². The zero-order valence-electron chi connectivity index (χ0n) is 11.0. The van der Waals surface area contributed by atoms with Crippen molar-refractivity contribution in [2.45, 2.75) is 12.3 Å². The van der Waals surface area contributed by atoms with Gasteiger partial charge in [-0.05, 0) is 29.8 Å². The van der Waals surface area contributed by atoms with E-state index in [2.05, 4.69) is 10.3 Å². The molecule has 0 bridgehead atoms. The second-order valence-corrected chi connectivity index (χ2v) is 4.90. The maximum Gasteiger partial charge on any atom is 0.416 e. The van der Waals surface area contributed by atoms with Gasteiger partial charge in [-0.1, -0.05) is 17.7 Å². The third-order valence-corrected chi connectivity index (χ3v) is 3.20.